The number of pyridine rings is 1. The van der Waals surface area contributed by atoms with Gasteiger partial charge in [-0.3, -0.25) is 0 Å². The van der Waals surface area contributed by atoms with Crippen LogP contribution in [-0.4, -0.2) is 24.9 Å². The van der Waals surface area contributed by atoms with Crippen LogP contribution in [0.1, 0.15) is 11.1 Å². The smallest absolute Gasteiger partial charge is 0.181 e. The summed E-state index contributed by atoms with van der Waals surface area (Å²) in [6, 6.07) is 19.0. The first-order valence-corrected chi connectivity index (χ1v) is 9.99. The van der Waals surface area contributed by atoms with Gasteiger partial charge in [-0.15, -0.1) is 0 Å². The molecule has 3 aromatic heterocycles. The van der Waals surface area contributed by atoms with Gasteiger partial charge in [0.25, 0.3) is 0 Å². The van der Waals surface area contributed by atoms with Gasteiger partial charge in [-0.1, -0.05) is 54.2 Å². The Morgan fingerprint density at radius 1 is 0.964 bits per heavy atom. The minimum Gasteiger partial charge on any atom is -0.341 e. The number of rotatable bonds is 4. The van der Waals surface area contributed by atoms with Crippen molar-refractivity contribution in [2.75, 3.05) is 0 Å². The van der Waals surface area contributed by atoms with Crippen LogP contribution in [0.2, 0.25) is 0 Å². The van der Waals surface area contributed by atoms with Gasteiger partial charge in [0.2, 0.25) is 0 Å². The number of aryl methyl sites for hydroxylation is 1. The first-order chi connectivity index (χ1) is 13.8. The molecule has 0 fully saturated rings. The molecule has 0 radical (unpaired) electrons. The molecule has 136 valence electrons. The Morgan fingerprint density at radius 2 is 1.86 bits per heavy atom. The largest absolute Gasteiger partial charge is 0.341 e. The van der Waals surface area contributed by atoms with Crippen LogP contribution in [0.25, 0.3) is 33.3 Å². The third-order valence-electron chi connectivity index (χ3n) is 4.65. The number of nitrogens with zero attached hydrogens (tertiary/aromatic N) is 4. The van der Waals surface area contributed by atoms with Gasteiger partial charge in [0, 0.05) is 16.7 Å². The number of imidazole rings is 1. The number of nitrogens with one attached hydrogen (secondary N) is 1. The van der Waals surface area contributed by atoms with Crippen LogP contribution in [0.4, 0.5) is 0 Å². The molecule has 0 spiro atoms. The van der Waals surface area contributed by atoms with Gasteiger partial charge in [-0.25, -0.2) is 19.9 Å². The highest BCUT2D eigenvalue weighted by molar-refractivity contribution is 7.98. The monoisotopic (exact) mass is 383 g/mol. The second kappa shape index (κ2) is 7.05. The van der Waals surface area contributed by atoms with Crippen LogP contribution in [0.15, 0.2) is 72.3 Å². The van der Waals surface area contributed by atoms with Crippen molar-refractivity contribution in [1.29, 1.82) is 0 Å². The van der Waals surface area contributed by atoms with Gasteiger partial charge in [0.15, 0.2) is 5.65 Å². The molecule has 0 aliphatic carbocycles. The number of aromatic amines is 1. The van der Waals surface area contributed by atoms with E-state index in [-0.39, 0.29) is 0 Å². The van der Waals surface area contributed by atoms with E-state index in [1.165, 1.54) is 11.1 Å². The molecule has 5 nitrogen and oxygen atoms in total. The van der Waals surface area contributed by atoms with Crippen molar-refractivity contribution in [1.82, 2.24) is 24.9 Å². The molecule has 5 rings (SSSR count). The SMILES string of the molecule is Cc1ccc2cc(CSc3ncnc4nc[nH]c34)c(-c3ccccc3)nc2c1. The number of hydrogen-bond acceptors (Lipinski definition) is 5. The van der Waals surface area contributed by atoms with Crippen molar-refractivity contribution in [3.8, 4) is 11.3 Å². The summed E-state index contributed by atoms with van der Waals surface area (Å²) in [5.41, 5.74) is 7.11. The molecule has 5 aromatic rings. The summed E-state index contributed by atoms with van der Waals surface area (Å²) in [6.45, 7) is 2.10. The lowest BCUT2D eigenvalue weighted by molar-refractivity contribution is 1.08. The minimum absolute atomic E-state index is 0.688. The maximum Gasteiger partial charge on any atom is 0.181 e. The lowest BCUT2D eigenvalue weighted by Crippen LogP contribution is -1.95. The molecular weight excluding hydrogens is 366 g/mol. The standard InChI is InChI=1S/C22H17N5S/c1-14-7-8-16-10-17(11-28-22-20-21(24-12-23-20)25-13-26-22)19(27-18(16)9-14)15-5-3-2-4-6-15/h2-10,12-13H,11H2,1H3,(H,23,24,25,26). The predicted molar refractivity (Wildman–Crippen MR) is 113 cm³/mol. The molecule has 0 amide bonds. The highest BCUT2D eigenvalue weighted by Gasteiger charge is 2.12. The molecule has 0 bridgehead atoms. The first kappa shape index (κ1) is 16.9. The van der Waals surface area contributed by atoms with E-state index in [2.05, 4.69) is 63.3 Å². The molecule has 0 aliphatic rings. The van der Waals surface area contributed by atoms with Crippen molar-refractivity contribution in [2.24, 2.45) is 0 Å². The number of hydrogen-bond donors (Lipinski definition) is 1. The normalized spacial score (nSPS) is 11.3. The Kier molecular flexibility index (Phi) is 4.25. The number of fused-ring (bicyclic) bond motifs is 2. The first-order valence-electron chi connectivity index (χ1n) is 9.00. The highest BCUT2D eigenvalue weighted by atomic mass is 32.2. The van der Waals surface area contributed by atoms with Crippen molar-refractivity contribution < 1.29 is 0 Å². The number of H-pyrrole nitrogens is 1. The van der Waals surface area contributed by atoms with Gasteiger partial charge in [-0.2, -0.15) is 0 Å². The Balaban J connectivity index is 1.59. The van der Waals surface area contributed by atoms with Crippen molar-refractivity contribution in [3.05, 3.63) is 78.4 Å². The summed E-state index contributed by atoms with van der Waals surface area (Å²) >= 11 is 1.67. The third-order valence-corrected chi connectivity index (χ3v) is 5.69. The molecule has 2 aromatic carbocycles. The Bertz CT molecular complexity index is 1280. The summed E-state index contributed by atoms with van der Waals surface area (Å²) < 4.78 is 0. The number of thioether (sulfide) groups is 1. The molecule has 0 saturated carbocycles. The molecule has 1 N–H and O–H groups in total. The molecule has 3 heterocycles. The third kappa shape index (κ3) is 3.12. The zero-order valence-corrected chi connectivity index (χ0v) is 16.1. The van der Waals surface area contributed by atoms with Crippen molar-refractivity contribution >= 4 is 33.8 Å². The van der Waals surface area contributed by atoms with E-state index >= 15 is 0 Å². The van der Waals surface area contributed by atoms with Crippen LogP contribution in [-0.2, 0) is 5.75 Å². The zero-order valence-electron chi connectivity index (χ0n) is 15.3. The van der Waals surface area contributed by atoms with Crippen molar-refractivity contribution in [3.63, 3.8) is 0 Å². The number of aromatic nitrogens is 5. The lowest BCUT2D eigenvalue weighted by atomic mass is 10.0. The minimum atomic E-state index is 0.688. The van der Waals surface area contributed by atoms with E-state index in [9.17, 15) is 0 Å². The van der Waals surface area contributed by atoms with Gasteiger partial charge in [-0.05, 0) is 30.2 Å². The molecule has 0 unspecified atom stereocenters. The quantitative estimate of drug-likeness (QED) is 0.343. The summed E-state index contributed by atoms with van der Waals surface area (Å²) in [4.78, 5) is 21.0. The van der Waals surface area contributed by atoms with Gasteiger partial charge < -0.3 is 4.98 Å². The average molecular weight is 383 g/mol. The predicted octanol–water partition coefficient (Wildman–Crippen LogP) is 5.17. The maximum atomic E-state index is 5.00. The van der Waals surface area contributed by atoms with Crippen LogP contribution in [0, 0.1) is 6.92 Å². The Morgan fingerprint density at radius 3 is 2.75 bits per heavy atom. The second-order valence-electron chi connectivity index (χ2n) is 6.63. The molecule has 28 heavy (non-hydrogen) atoms. The summed E-state index contributed by atoms with van der Waals surface area (Å²) in [7, 11) is 0. The van der Waals surface area contributed by atoms with E-state index in [0.717, 1.165) is 38.5 Å². The van der Waals surface area contributed by atoms with Gasteiger partial charge in [0.1, 0.15) is 16.9 Å². The van der Waals surface area contributed by atoms with Gasteiger partial charge in [0.05, 0.1) is 17.5 Å². The fourth-order valence-corrected chi connectivity index (χ4v) is 4.20. The summed E-state index contributed by atoms with van der Waals surface area (Å²) in [5, 5.41) is 2.04. The topological polar surface area (TPSA) is 67.3 Å². The maximum absolute atomic E-state index is 5.00. The molecule has 0 atom stereocenters. The number of benzene rings is 2. The average Bonchev–Trinajstić information content (AvgIpc) is 3.22. The summed E-state index contributed by atoms with van der Waals surface area (Å²) in [6.07, 6.45) is 3.21. The Hall–Kier alpha value is -3.25. The fraction of sp³-hybridized carbons (Fsp3) is 0.0909. The second-order valence-corrected chi connectivity index (χ2v) is 7.59. The molecule has 0 aliphatic heterocycles. The van der Waals surface area contributed by atoms with E-state index in [0.29, 0.717) is 5.65 Å². The van der Waals surface area contributed by atoms with Gasteiger partial charge >= 0.3 is 0 Å². The molecule has 0 saturated heterocycles. The molecular formula is C22H17N5S. The van der Waals surface area contributed by atoms with E-state index in [4.69, 9.17) is 4.98 Å². The van der Waals surface area contributed by atoms with Crippen LogP contribution >= 0.6 is 11.8 Å². The fourth-order valence-electron chi connectivity index (χ4n) is 3.28. The zero-order chi connectivity index (χ0) is 18.9. The van der Waals surface area contributed by atoms with Crippen LogP contribution in [0.3, 0.4) is 0 Å². The van der Waals surface area contributed by atoms with E-state index in [1.54, 1.807) is 24.4 Å². The van der Waals surface area contributed by atoms with Crippen LogP contribution < -0.4 is 0 Å². The highest BCUT2D eigenvalue weighted by Crippen LogP contribution is 2.32. The Labute approximate surface area is 166 Å². The lowest BCUT2D eigenvalue weighted by Gasteiger charge is -2.11. The van der Waals surface area contributed by atoms with Crippen molar-refractivity contribution in [2.45, 2.75) is 17.7 Å². The van der Waals surface area contributed by atoms with E-state index < -0.39 is 0 Å². The molecule has 6 heteroatoms. The van der Waals surface area contributed by atoms with Crippen LogP contribution in [0.5, 0.6) is 0 Å². The van der Waals surface area contributed by atoms with E-state index in [1.807, 2.05) is 18.2 Å². The summed E-state index contributed by atoms with van der Waals surface area (Å²) in [5.74, 6) is 0.756.